The zero-order valence-electron chi connectivity index (χ0n) is 11.9. The van der Waals surface area contributed by atoms with E-state index in [1.165, 1.54) is 11.3 Å². The third-order valence-electron chi connectivity index (χ3n) is 2.80. The molecular weight excluding hydrogens is 336 g/mol. The fourth-order valence-electron chi connectivity index (χ4n) is 1.85. The van der Waals surface area contributed by atoms with Crippen LogP contribution in [-0.4, -0.2) is 21.1 Å². The van der Waals surface area contributed by atoms with Crippen molar-refractivity contribution in [2.75, 3.05) is 5.32 Å². The van der Waals surface area contributed by atoms with Gasteiger partial charge in [-0.15, -0.1) is 32.9 Å². The van der Waals surface area contributed by atoms with Gasteiger partial charge >= 0.3 is 0 Å². The summed E-state index contributed by atoms with van der Waals surface area (Å²) in [6.07, 6.45) is 2.17. The molecule has 3 heterocycles. The van der Waals surface area contributed by atoms with Gasteiger partial charge in [-0.3, -0.25) is 4.79 Å². The molecule has 3 aromatic rings. The smallest absolute Gasteiger partial charge is 0.232 e. The van der Waals surface area contributed by atoms with Gasteiger partial charge in [0.1, 0.15) is 10.0 Å². The summed E-state index contributed by atoms with van der Waals surface area (Å²) >= 11 is 4.64. The number of nitrogens with zero attached hydrogens (tertiary/aromatic N) is 3. The Morgan fingerprint density at radius 3 is 3.00 bits per heavy atom. The number of carbonyl (C=O) groups is 1. The minimum absolute atomic E-state index is 0.109. The lowest BCUT2D eigenvalue weighted by atomic mass is 10.3. The lowest BCUT2D eigenvalue weighted by Gasteiger charge is -1.98. The van der Waals surface area contributed by atoms with Gasteiger partial charge in [0.25, 0.3) is 0 Å². The van der Waals surface area contributed by atoms with E-state index < -0.39 is 0 Å². The Kier molecular flexibility index (Phi) is 4.91. The van der Waals surface area contributed by atoms with Gasteiger partial charge in [-0.25, -0.2) is 4.98 Å². The molecular formula is C14H14N4OS3. The van der Waals surface area contributed by atoms with Crippen molar-refractivity contribution in [2.24, 2.45) is 0 Å². The fraction of sp³-hybridized carbons (Fsp3) is 0.286. The molecule has 0 aliphatic rings. The summed E-state index contributed by atoms with van der Waals surface area (Å²) in [5, 5.41) is 17.2. The second-order valence-electron chi connectivity index (χ2n) is 4.60. The molecule has 0 bridgehead atoms. The van der Waals surface area contributed by atoms with Crippen LogP contribution in [0.4, 0.5) is 5.13 Å². The molecule has 0 spiro atoms. The van der Waals surface area contributed by atoms with E-state index in [0.29, 0.717) is 5.13 Å². The molecule has 22 heavy (non-hydrogen) atoms. The number of hydrogen-bond acceptors (Lipinski definition) is 7. The van der Waals surface area contributed by atoms with Crippen LogP contribution in [0.1, 0.15) is 24.0 Å². The second-order valence-corrected chi connectivity index (χ2v) is 7.47. The number of anilines is 1. The van der Waals surface area contributed by atoms with Crippen molar-refractivity contribution < 1.29 is 4.79 Å². The quantitative estimate of drug-likeness (QED) is 0.733. The molecule has 5 nitrogen and oxygen atoms in total. The van der Waals surface area contributed by atoms with E-state index in [1.54, 1.807) is 22.7 Å². The summed E-state index contributed by atoms with van der Waals surface area (Å²) in [6, 6.07) is 4.03. The average molecular weight is 350 g/mol. The van der Waals surface area contributed by atoms with E-state index in [0.717, 1.165) is 33.4 Å². The first-order valence-electron chi connectivity index (χ1n) is 6.85. The zero-order valence-corrected chi connectivity index (χ0v) is 14.4. The summed E-state index contributed by atoms with van der Waals surface area (Å²) in [4.78, 5) is 17.7. The van der Waals surface area contributed by atoms with Crippen LogP contribution in [0.3, 0.4) is 0 Å². The van der Waals surface area contributed by atoms with Crippen molar-refractivity contribution in [1.29, 1.82) is 0 Å². The van der Waals surface area contributed by atoms with Gasteiger partial charge in [-0.05, 0) is 17.9 Å². The monoisotopic (exact) mass is 350 g/mol. The number of thiophene rings is 1. The summed E-state index contributed by atoms with van der Waals surface area (Å²) in [6.45, 7) is 2.09. The predicted molar refractivity (Wildman–Crippen MR) is 91.7 cm³/mol. The topological polar surface area (TPSA) is 67.8 Å². The van der Waals surface area contributed by atoms with Crippen LogP contribution in [0.15, 0.2) is 22.9 Å². The highest BCUT2D eigenvalue weighted by Gasteiger charge is 2.12. The first kappa shape index (κ1) is 15.3. The number of nitrogens with one attached hydrogen (secondary N) is 1. The molecule has 0 saturated heterocycles. The van der Waals surface area contributed by atoms with Crippen LogP contribution < -0.4 is 5.32 Å². The van der Waals surface area contributed by atoms with Gasteiger partial charge in [0.2, 0.25) is 11.0 Å². The number of aromatic nitrogens is 3. The van der Waals surface area contributed by atoms with E-state index in [2.05, 4.69) is 27.4 Å². The number of hydrogen-bond donors (Lipinski definition) is 1. The highest BCUT2D eigenvalue weighted by molar-refractivity contribution is 7.20. The van der Waals surface area contributed by atoms with Crippen LogP contribution in [0, 0.1) is 0 Å². The molecule has 0 aromatic carbocycles. The van der Waals surface area contributed by atoms with E-state index in [1.807, 2.05) is 22.9 Å². The highest BCUT2D eigenvalue weighted by atomic mass is 32.1. The lowest BCUT2D eigenvalue weighted by Crippen LogP contribution is -2.14. The third-order valence-corrected chi connectivity index (χ3v) is 5.63. The number of rotatable bonds is 6. The van der Waals surface area contributed by atoms with Crippen LogP contribution in [0.2, 0.25) is 0 Å². The highest BCUT2D eigenvalue weighted by Crippen LogP contribution is 2.28. The molecule has 0 aliphatic heterocycles. The van der Waals surface area contributed by atoms with Crippen molar-refractivity contribution in [3.8, 4) is 9.88 Å². The van der Waals surface area contributed by atoms with Crippen LogP contribution in [0.5, 0.6) is 0 Å². The maximum atomic E-state index is 12.0. The molecule has 8 heteroatoms. The summed E-state index contributed by atoms with van der Waals surface area (Å²) in [5.41, 5.74) is 0.782. The van der Waals surface area contributed by atoms with E-state index in [-0.39, 0.29) is 12.3 Å². The van der Waals surface area contributed by atoms with E-state index in [9.17, 15) is 4.79 Å². The van der Waals surface area contributed by atoms with Crippen LogP contribution in [-0.2, 0) is 17.6 Å². The Bertz CT molecular complexity index is 748. The minimum Gasteiger partial charge on any atom is -0.300 e. The van der Waals surface area contributed by atoms with Gasteiger partial charge in [0.05, 0.1) is 17.0 Å². The Morgan fingerprint density at radius 1 is 1.32 bits per heavy atom. The predicted octanol–water partition coefficient (Wildman–Crippen LogP) is 3.86. The molecule has 114 valence electrons. The standard InChI is InChI=1S/C14H14N4OS3/c1-2-4-12-17-18-14(22-12)16-11(19)7-9-8-21-13(15-9)10-5-3-6-20-10/h3,5-6,8H,2,4,7H2,1H3,(H,16,18,19). The minimum atomic E-state index is -0.109. The molecule has 0 atom stereocenters. The van der Waals surface area contributed by atoms with Crippen molar-refractivity contribution in [1.82, 2.24) is 15.2 Å². The largest absolute Gasteiger partial charge is 0.300 e. The number of aryl methyl sites for hydroxylation is 1. The van der Waals surface area contributed by atoms with Crippen molar-refractivity contribution in [3.63, 3.8) is 0 Å². The van der Waals surface area contributed by atoms with E-state index >= 15 is 0 Å². The Labute approximate surface area is 140 Å². The van der Waals surface area contributed by atoms with Crippen molar-refractivity contribution in [3.05, 3.63) is 33.6 Å². The van der Waals surface area contributed by atoms with Gasteiger partial charge in [0, 0.05) is 11.8 Å². The zero-order chi connectivity index (χ0) is 15.4. The maximum absolute atomic E-state index is 12.0. The lowest BCUT2D eigenvalue weighted by molar-refractivity contribution is -0.115. The molecule has 1 N–H and O–H groups in total. The van der Waals surface area contributed by atoms with Gasteiger partial charge in [-0.2, -0.15) is 0 Å². The van der Waals surface area contributed by atoms with Gasteiger partial charge in [0.15, 0.2) is 0 Å². The fourth-order valence-corrected chi connectivity index (χ4v) is 4.34. The Hall–Kier alpha value is -1.64. The first-order valence-corrected chi connectivity index (χ1v) is 9.42. The van der Waals surface area contributed by atoms with Crippen LogP contribution in [0.25, 0.3) is 9.88 Å². The van der Waals surface area contributed by atoms with E-state index in [4.69, 9.17) is 0 Å². The summed E-state index contributed by atoms with van der Waals surface area (Å²) in [5.74, 6) is -0.109. The number of amides is 1. The van der Waals surface area contributed by atoms with Gasteiger partial charge < -0.3 is 5.32 Å². The third kappa shape index (κ3) is 3.76. The Balaban J connectivity index is 1.59. The molecule has 1 amide bonds. The van der Waals surface area contributed by atoms with Crippen molar-refractivity contribution in [2.45, 2.75) is 26.2 Å². The average Bonchev–Trinajstić information content (AvgIpc) is 3.20. The molecule has 3 aromatic heterocycles. The number of carbonyl (C=O) groups excluding carboxylic acids is 1. The molecule has 3 rings (SSSR count). The summed E-state index contributed by atoms with van der Waals surface area (Å²) < 4.78 is 0. The molecule has 0 fully saturated rings. The molecule has 0 saturated carbocycles. The summed E-state index contributed by atoms with van der Waals surface area (Å²) in [7, 11) is 0. The molecule has 0 unspecified atom stereocenters. The Morgan fingerprint density at radius 2 is 2.23 bits per heavy atom. The molecule has 0 radical (unpaired) electrons. The number of thiazole rings is 1. The maximum Gasteiger partial charge on any atom is 0.232 e. The van der Waals surface area contributed by atoms with Crippen molar-refractivity contribution >= 4 is 45.0 Å². The molecule has 0 aliphatic carbocycles. The van der Waals surface area contributed by atoms with Crippen LogP contribution >= 0.6 is 34.0 Å². The first-order chi connectivity index (χ1) is 10.7. The van der Waals surface area contributed by atoms with Gasteiger partial charge in [-0.1, -0.05) is 24.3 Å². The SMILES string of the molecule is CCCc1nnc(NC(=O)Cc2csc(-c3cccs3)n2)s1. The second kappa shape index (κ2) is 7.08. The normalized spacial score (nSPS) is 10.8.